The van der Waals surface area contributed by atoms with Gasteiger partial charge in [0, 0.05) is 22.1 Å². The molecule has 0 bridgehead atoms. The fourth-order valence-electron chi connectivity index (χ4n) is 4.38. The first kappa shape index (κ1) is 19.1. The number of hydrogen-bond donors (Lipinski definition) is 3. The highest BCUT2D eigenvalue weighted by molar-refractivity contribution is 6.30. The highest BCUT2D eigenvalue weighted by Crippen LogP contribution is 2.52. The van der Waals surface area contributed by atoms with Crippen LogP contribution in [0.25, 0.3) is 0 Å². The van der Waals surface area contributed by atoms with Crippen molar-refractivity contribution in [2.45, 2.75) is 30.0 Å². The van der Waals surface area contributed by atoms with Crippen LogP contribution in [-0.2, 0) is 10.3 Å². The Labute approximate surface area is 170 Å². The van der Waals surface area contributed by atoms with Crippen molar-refractivity contribution in [2.75, 3.05) is 11.9 Å². The number of hydrogen-bond acceptors (Lipinski definition) is 6. The molecular formula is C18H16Cl2N4O4. The van der Waals surface area contributed by atoms with Crippen LogP contribution in [0.15, 0.2) is 36.4 Å². The van der Waals surface area contributed by atoms with Crippen molar-refractivity contribution in [3.63, 3.8) is 0 Å². The Morgan fingerprint density at radius 2 is 2.07 bits per heavy atom. The third-order valence-electron chi connectivity index (χ3n) is 5.40. The molecule has 1 fully saturated rings. The van der Waals surface area contributed by atoms with Gasteiger partial charge in [0.1, 0.15) is 16.5 Å². The minimum atomic E-state index is -1.42. The first-order valence-corrected chi connectivity index (χ1v) is 9.40. The van der Waals surface area contributed by atoms with Gasteiger partial charge in [-0.15, -0.1) is 0 Å². The quantitative estimate of drug-likeness (QED) is 0.395. The number of rotatable bonds is 4. The summed E-state index contributed by atoms with van der Waals surface area (Å²) in [6, 6.07) is 8.00. The van der Waals surface area contributed by atoms with Gasteiger partial charge < -0.3 is 10.4 Å². The number of aromatic nitrogens is 1. The molecule has 2 aliphatic rings. The summed E-state index contributed by atoms with van der Waals surface area (Å²) >= 11 is 12.1. The van der Waals surface area contributed by atoms with E-state index in [4.69, 9.17) is 23.2 Å². The molecule has 3 N–H and O–H groups in total. The second-order valence-corrected chi connectivity index (χ2v) is 7.69. The highest BCUT2D eigenvalue weighted by Gasteiger charge is 2.66. The van der Waals surface area contributed by atoms with E-state index in [-0.39, 0.29) is 24.0 Å². The predicted molar refractivity (Wildman–Crippen MR) is 103 cm³/mol. The summed E-state index contributed by atoms with van der Waals surface area (Å²) in [6.45, 7) is -0.256. The number of pyridine rings is 1. The molecule has 8 nitrogen and oxygen atoms in total. The van der Waals surface area contributed by atoms with Crippen LogP contribution in [0.1, 0.15) is 23.5 Å². The first-order chi connectivity index (χ1) is 13.4. The zero-order valence-corrected chi connectivity index (χ0v) is 15.9. The number of halogens is 2. The Hall–Kier alpha value is -2.26. The first-order valence-electron chi connectivity index (χ1n) is 8.64. The molecule has 0 saturated carbocycles. The van der Waals surface area contributed by atoms with Gasteiger partial charge in [0.05, 0.1) is 12.0 Å². The van der Waals surface area contributed by atoms with Gasteiger partial charge in [-0.2, -0.15) is 0 Å². The van der Waals surface area contributed by atoms with Crippen LogP contribution < -0.4 is 10.6 Å². The average molecular weight is 423 g/mol. The molecular weight excluding hydrogens is 407 g/mol. The number of amides is 1. The van der Waals surface area contributed by atoms with Crippen molar-refractivity contribution in [1.29, 1.82) is 0 Å². The third-order valence-corrected chi connectivity index (χ3v) is 5.85. The van der Waals surface area contributed by atoms with Crippen LogP contribution in [0.5, 0.6) is 0 Å². The largest absolute Gasteiger partial charge is 0.396 e. The lowest BCUT2D eigenvalue weighted by Gasteiger charge is -2.29. The number of nitrogens with one attached hydrogen (secondary N) is 2. The maximum absolute atomic E-state index is 13.2. The molecule has 146 valence electrons. The van der Waals surface area contributed by atoms with E-state index in [1.807, 2.05) is 0 Å². The number of anilines is 1. The zero-order valence-electron chi connectivity index (χ0n) is 14.4. The predicted octanol–water partition coefficient (Wildman–Crippen LogP) is 2.32. The second-order valence-electron chi connectivity index (χ2n) is 6.86. The Bertz CT molecular complexity index is 972. The van der Waals surface area contributed by atoms with Crippen LogP contribution in [0.3, 0.4) is 0 Å². The Kier molecular flexibility index (Phi) is 4.75. The molecule has 4 rings (SSSR count). The standard InChI is InChI=1S/C18H16Cl2N4O4/c19-10-3-1-2-9(8-10)14-15(24(27)28)12(6-7-25)23-18(14)11-4-5-13(20)21-16(11)22-17(18)26/h1-5,8,12,14-15,23,25H,6-7H2,(H,21,22,26)/t12-,14-,15+,18+/m0/s1. The number of carbonyl (C=O) groups excluding carboxylic acids is 1. The molecule has 4 atom stereocenters. The van der Waals surface area contributed by atoms with Gasteiger partial charge in [-0.25, -0.2) is 4.98 Å². The van der Waals surface area contributed by atoms with Crippen LogP contribution >= 0.6 is 23.2 Å². The van der Waals surface area contributed by atoms with Gasteiger partial charge in [-0.3, -0.25) is 20.2 Å². The minimum absolute atomic E-state index is 0.119. The zero-order chi connectivity index (χ0) is 20.1. The summed E-state index contributed by atoms with van der Waals surface area (Å²) in [5.41, 5.74) is -0.380. The summed E-state index contributed by atoms with van der Waals surface area (Å²) in [5, 5.41) is 27.9. The molecule has 1 aromatic heterocycles. The van der Waals surface area contributed by atoms with E-state index in [9.17, 15) is 20.0 Å². The van der Waals surface area contributed by atoms with E-state index in [2.05, 4.69) is 15.6 Å². The van der Waals surface area contributed by atoms with Gasteiger partial charge in [0.15, 0.2) is 0 Å². The number of fused-ring (bicyclic) bond motifs is 2. The van der Waals surface area contributed by atoms with Crippen molar-refractivity contribution in [3.05, 3.63) is 67.8 Å². The Morgan fingerprint density at radius 3 is 2.75 bits per heavy atom. The number of carbonyl (C=O) groups is 1. The Balaban J connectivity index is 1.97. The minimum Gasteiger partial charge on any atom is -0.396 e. The van der Waals surface area contributed by atoms with Crippen molar-refractivity contribution >= 4 is 34.9 Å². The summed E-state index contributed by atoms with van der Waals surface area (Å²) in [7, 11) is 0. The lowest BCUT2D eigenvalue weighted by molar-refractivity contribution is -0.527. The van der Waals surface area contributed by atoms with Crippen molar-refractivity contribution in [3.8, 4) is 0 Å². The third kappa shape index (κ3) is 2.76. The molecule has 1 saturated heterocycles. The molecule has 10 heteroatoms. The van der Waals surface area contributed by atoms with E-state index in [0.717, 1.165) is 0 Å². The fraction of sp³-hybridized carbons (Fsp3) is 0.333. The molecule has 0 unspecified atom stereocenters. The SMILES string of the molecule is O=C1Nc2nc(Cl)ccc2[C@]12N[C@@H](CCO)[C@@H]([N+](=O)[O-])[C@@H]2c1cccc(Cl)c1. The lowest BCUT2D eigenvalue weighted by atomic mass is 9.74. The number of nitro groups is 1. The average Bonchev–Trinajstić information content (AvgIpc) is 3.11. The van der Waals surface area contributed by atoms with E-state index >= 15 is 0 Å². The van der Waals surface area contributed by atoms with Gasteiger partial charge in [-0.05, 0) is 36.2 Å². The van der Waals surface area contributed by atoms with Gasteiger partial charge in [0.2, 0.25) is 6.04 Å². The van der Waals surface area contributed by atoms with Crippen molar-refractivity contribution < 1.29 is 14.8 Å². The molecule has 1 aromatic carbocycles. The fourth-order valence-corrected chi connectivity index (χ4v) is 4.73. The number of aliphatic hydroxyl groups excluding tert-OH is 1. The monoisotopic (exact) mass is 422 g/mol. The van der Waals surface area contributed by atoms with E-state index in [1.54, 1.807) is 36.4 Å². The summed E-state index contributed by atoms with van der Waals surface area (Å²) in [6.07, 6.45) is 0.119. The van der Waals surface area contributed by atoms with Gasteiger partial charge >= 0.3 is 0 Å². The second kappa shape index (κ2) is 6.97. The maximum Gasteiger partial charge on any atom is 0.251 e. The molecule has 0 radical (unpaired) electrons. The van der Waals surface area contributed by atoms with E-state index in [0.29, 0.717) is 16.1 Å². The summed E-state index contributed by atoms with van der Waals surface area (Å²) in [5.74, 6) is -1.04. The number of aliphatic hydroxyl groups is 1. The smallest absolute Gasteiger partial charge is 0.251 e. The van der Waals surface area contributed by atoms with Crippen molar-refractivity contribution in [2.24, 2.45) is 0 Å². The molecule has 2 aromatic rings. The topological polar surface area (TPSA) is 117 Å². The number of nitrogens with zero attached hydrogens (tertiary/aromatic N) is 2. The summed E-state index contributed by atoms with van der Waals surface area (Å²) < 4.78 is 0. The van der Waals surface area contributed by atoms with Crippen LogP contribution in [0, 0.1) is 10.1 Å². The number of benzene rings is 1. The highest BCUT2D eigenvalue weighted by atomic mass is 35.5. The molecule has 28 heavy (non-hydrogen) atoms. The van der Waals surface area contributed by atoms with Gasteiger partial charge in [-0.1, -0.05) is 35.3 Å². The molecule has 1 amide bonds. The van der Waals surface area contributed by atoms with E-state index in [1.165, 1.54) is 0 Å². The lowest BCUT2D eigenvalue weighted by Crippen LogP contribution is -2.49. The van der Waals surface area contributed by atoms with E-state index < -0.39 is 34.4 Å². The maximum atomic E-state index is 13.2. The molecule has 2 aliphatic heterocycles. The summed E-state index contributed by atoms with van der Waals surface area (Å²) in [4.78, 5) is 29.0. The van der Waals surface area contributed by atoms with Crippen molar-refractivity contribution in [1.82, 2.24) is 10.3 Å². The molecule has 1 spiro atoms. The Morgan fingerprint density at radius 1 is 1.29 bits per heavy atom. The van der Waals surface area contributed by atoms with Crippen LogP contribution in [0.2, 0.25) is 10.2 Å². The van der Waals surface area contributed by atoms with Gasteiger partial charge in [0.25, 0.3) is 5.91 Å². The van der Waals surface area contributed by atoms with Crippen LogP contribution in [0.4, 0.5) is 5.82 Å². The molecule has 0 aliphatic carbocycles. The van der Waals surface area contributed by atoms with Crippen LogP contribution in [-0.4, -0.2) is 39.6 Å². The molecule has 3 heterocycles. The normalized spacial score (nSPS) is 28.4.